The molecule has 4 aromatic rings. The summed E-state index contributed by atoms with van der Waals surface area (Å²) in [5, 5.41) is 10.1. The van der Waals surface area contributed by atoms with Crippen molar-refractivity contribution < 1.29 is 5.11 Å². The first-order chi connectivity index (χ1) is 14.7. The molecule has 0 saturated carbocycles. The molecule has 1 aromatic carbocycles. The SMILES string of the molecule is Nc1nc(N2CCN(c3ccc(CO)cc3)CC2)nc2c1ccn2-c1ccncc1. The second kappa shape index (κ2) is 7.64. The molecule has 3 aromatic heterocycles. The maximum Gasteiger partial charge on any atom is 0.229 e. The lowest BCUT2D eigenvalue weighted by molar-refractivity contribution is 0.282. The normalized spacial score (nSPS) is 14.4. The number of benzene rings is 1. The van der Waals surface area contributed by atoms with Gasteiger partial charge in [0.1, 0.15) is 5.82 Å². The predicted octanol–water partition coefficient (Wildman–Crippen LogP) is 2.22. The van der Waals surface area contributed by atoms with E-state index in [0.29, 0.717) is 11.8 Å². The van der Waals surface area contributed by atoms with Crippen molar-refractivity contribution in [1.82, 2.24) is 19.5 Å². The molecule has 8 heteroatoms. The number of hydrogen-bond acceptors (Lipinski definition) is 7. The number of piperazine rings is 1. The van der Waals surface area contributed by atoms with Gasteiger partial charge >= 0.3 is 0 Å². The number of nitrogens with zero attached hydrogens (tertiary/aromatic N) is 6. The van der Waals surface area contributed by atoms with Crippen LogP contribution in [-0.2, 0) is 6.61 Å². The quantitative estimate of drug-likeness (QED) is 0.541. The fraction of sp³-hybridized carbons (Fsp3) is 0.227. The molecule has 152 valence electrons. The summed E-state index contributed by atoms with van der Waals surface area (Å²) < 4.78 is 2.01. The number of nitrogen functional groups attached to an aromatic ring is 1. The standard InChI is InChI=1S/C22H23N7O/c23-20-19-7-10-29(18-5-8-24-9-6-18)21(19)26-22(25-20)28-13-11-27(12-14-28)17-3-1-16(15-30)2-4-17/h1-10,30H,11-15H2,(H2,23,25,26). The third-order valence-corrected chi connectivity index (χ3v) is 5.55. The first-order valence-electron chi connectivity index (χ1n) is 9.97. The molecule has 0 unspecified atom stereocenters. The molecule has 30 heavy (non-hydrogen) atoms. The third-order valence-electron chi connectivity index (χ3n) is 5.55. The van der Waals surface area contributed by atoms with Gasteiger partial charge in [-0.3, -0.25) is 4.98 Å². The molecule has 0 amide bonds. The lowest BCUT2D eigenvalue weighted by Crippen LogP contribution is -2.47. The van der Waals surface area contributed by atoms with Crippen LogP contribution >= 0.6 is 0 Å². The summed E-state index contributed by atoms with van der Waals surface area (Å²) in [6.45, 7) is 3.41. The Morgan fingerprint density at radius 3 is 2.23 bits per heavy atom. The van der Waals surface area contributed by atoms with Crippen LogP contribution < -0.4 is 15.5 Å². The zero-order valence-electron chi connectivity index (χ0n) is 16.5. The number of pyridine rings is 1. The Labute approximate surface area is 174 Å². The number of hydrogen-bond donors (Lipinski definition) is 2. The monoisotopic (exact) mass is 401 g/mol. The molecule has 3 N–H and O–H groups in total. The highest BCUT2D eigenvalue weighted by Gasteiger charge is 2.21. The van der Waals surface area contributed by atoms with E-state index in [1.54, 1.807) is 12.4 Å². The fourth-order valence-electron chi connectivity index (χ4n) is 3.86. The largest absolute Gasteiger partial charge is 0.392 e. The topological polar surface area (TPSA) is 96.3 Å². The molecule has 0 aliphatic carbocycles. The van der Waals surface area contributed by atoms with E-state index in [1.165, 1.54) is 0 Å². The van der Waals surface area contributed by atoms with Gasteiger partial charge in [-0.05, 0) is 35.9 Å². The van der Waals surface area contributed by atoms with Crippen molar-refractivity contribution in [3.8, 4) is 5.69 Å². The van der Waals surface area contributed by atoms with Crippen molar-refractivity contribution in [2.75, 3.05) is 41.7 Å². The van der Waals surface area contributed by atoms with Gasteiger partial charge in [0.15, 0.2) is 5.65 Å². The summed E-state index contributed by atoms with van der Waals surface area (Å²) in [6, 6.07) is 13.9. The molecule has 8 nitrogen and oxygen atoms in total. The second-order valence-corrected chi connectivity index (χ2v) is 7.34. The number of aromatic nitrogens is 4. The Hall–Kier alpha value is -3.65. The van der Waals surface area contributed by atoms with Crippen LogP contribution in [0.4, 0.5) is 17.5 Å². The van der Waals surface area contributed by atoms with Crippen molar-refractivity contribution in [3.63, 3.8) is 0 Å². The van der Waals surface area contributed by atoms with Crippen LogP contribution in [0, 0.1) is 0 Å². The molecule has 1 aliphatic heterocycles. The summed E-state index contributed by atoms with van der Waals surface area (Å²) in [7, 11) is 0. The van der Waals surface area contributed by atoms with Crippen LogP contribution in [0.15, 0.2) is 61.1 Å². The van der Waals surface area contributed by atoms with Gasteiger partial charge in [0.05, 0.1) is 17.7 Å². The van der Waals surface area contributed by atoms with Gasteiger partial charge in [0.2, 0.25) is 5.95 Å². The molecular formula is C22H23N7O. The van der Waals surface area contributed by atoms with E-state index >= 15 is 0 Å². The van der Waals surface area contributed by atoms with E-state index in [9.17, 15) is 5.11 Å². The molecule has 0 spiro atoms. The first-order valence-corrected chi connectivity index (χ1v) is 9.97. The Balaban J connectivity index is 1.39. The van der Waals surface area contributed by atoms with Crippen LogP contribution in [0.1, 0.15) is 5.56 Å². The predicted molar refractivity (Wildman–Crippen MR) is 118 cm³/mol. The summed E-state index contributed by atoms with van der Waals surface area (Å²) >= 11 is 0. The molecular weight excluding hydrogens is 378 g/mol. The molecule has 0 radical (unpaired) electrons. The summed E-state index contributed by atoms with van der Waals surface area (Å²) in [5.41, 5.74) is 10.1. The Morgan fingerprint density at radius 2 is 1.53 bits per heavy atom. The maximum absolute atomic E-state index is 9.22. The van der Waals surface area contributed by atoms with Gasteiger partial charge in [-0.1, -0.05) is 12.1 Å². The van der Waals surface area contributed by atoms with Crippen LogP contribution in [0.2, 0.25) is 0 Å². The molecule has 1 fully saturated rings. The lowest BCUT2D eigenvalue weighted by Gasteiger charge is -2.36. The minimum Gasteiger partial charge on any atom is -0.392 e. The smallest absolute Gasteiger partial charge is 0.229 e. The summed E-state index contributed by atoms with van der Waals surface area (Å²) in [5.74, 6) is 1.15. The minimum absolute atomic E-state index is 0.0660. The number of aliphatic hydroxyl groups is 1. The van der Waals surface area contributed by atoms with Crippen molar-refractivity contribution in [1.29, 1.82) is 0 Å². The van der Waals surface area contributed by atoms with Crippen molar-refractivity contribution in [2.45, 2.75) is 6.61 Å². The molecule has 0 atom stereocenters. The maximum atomic E-state index is 9.22. The average molecular weight is 401 g/mol. The zero-order chi connectivity index (χ0) is 20.5. The lowest BCUT2D eigenvalue weighted by atomic mass is 10.2. The number of rotatable bonds is 4. The average Bonchev–Trinajstić information content (AvgIpc) is 3.24. The van der Waals surface area contributed by atoms with E-state index in [-0.39, 0.29) is 6.61 Å². The number of nitrogens with two attached hydrogens (primary N) is 1. The molecule has 0 bridgehead atoms. The van der Waals surface area contributed by atoms with Crippen LogP contribution in [0.3, 0.4) is 0 Å². The number of aliphatic hydroxyl groups excluding tert-OH is 1. The molecule has 4 heterocycles. The van der Waals surface area contributed by atoms with E-state index in [2.05, 4.69) is 31.9 Å². The molecule has 1 aliphatic rings. The number of fused-ring (bicyclic) bond motifs is 1. The van der Waals surface area contributed by atoms with Gasteiger partial charge in [-0.25, -0.2) is 0 Å². The minimum atomic E-state index is 0.0660. The summed E-state index contributed by atoms with van der Waals surface area (Å²) in [4.78, 5) is 18.0. The highest BCUT2D eigenvalue weighted by molar-refractivity contribution is 5.88. The second-order valence-electron chi connectivity index (χ2n) is 7.34. The van der Waals surface area contributed by atoms with E-state index in [4.69, 9.17) is 10.7 Å². The van der Waals surface area contributed by atoms with Crippen LogP contribution in [0.25, 0.3) is 16.7 Å². The van der Waals surface area contributed by atoms with Gasteiger partial charge in [0.25, 0.3) is 0 Å². The van der Waals surface area contributed by atoms with Crippen molar-refractivity contribution >= 4 is 28.5 Å². The summed E-state index contributed by atoms with van der Waals surface area (Å²) in [6.07, 6.45) is 5.49. The first kappa shape index (κ1) is 18.4. The van der Waals surface area contributed by atoms with Crippen LogP contribution in [-0.4, -0.2) is 50.8 Å². The Bertz CT molecular complexity index is 1150. The van der Waals surface area contributed by atoms with E-state index in [1.807, 2.05) is 41.1 Å². The third kappa shape index (κ3) is 3.31. The molecule has 5 rings (SSSR count). The number of anilines is 3. The fourth-order valence-corrected chi connectivity index (χ4v) is 3.86. The van der Waals surface area contributed by atoms with E-state index in [0.717, 1.165) is 54.2 Å². The van der Waals surface area contributed by atoms with Crippen molar-refractivity contribution in [2.24, 2.45) is 0 Å². The highest BCUT2D eigenvalue weighted by Crippen LogP contribution is 2.26. The Morgan fingerprint density at radius 1 is 0.833 bits per heavy atom. The van der Waals surface area contributed by atoms with E-state index < -0.39 is 0 Å². The zero-order valence-corrected chi connectivity index (χ0v) is 16.5. The molecule has 1 saturated heterocycles. The van der Waals surface area contributed by atoms with Gasteiger partial charge in [-0.15, -0.1) is 0 Å². The van der Waals surface area contributed by atoms with Crippen molar-refractivity contribution in [3.05, 3.63) is 66.6 Å². The van der Waals surface area contributed by atoms with Gasteiger partial charge in [0, 0.05) is 50.5 Å². The van der Waals surface area contributed by atoms with Gasteiger partial charge < -0.3 is 25.2 Å². The van der Waals surface area contributed by atoms with Crippen LogP contribution in [0.5, 0.6) is 0 Å². The highest BCUT2D eigenvalue weighted by atomic mass is 16.3. The van der Waals surface area contributed by atoms with Gasteiger partial charge in [-0.2, -0.15) is 9.97 Å². The Kier molecular flexibility index (Phi) is 4.68.